The van der Waals surface area contributed by atoms with E-state index in [0.717, 1.165) is 0 Å². The Morgan fingerprint density at radius 2 is 0.964 bits per heavy atom. The molecule has 0 bridgehead atoms. The van der Waals surface area contributed by atoms with Gasteiger partial charge in [-0.25, -0.2) is 0 Å². The van der Waals surface area contributed by atoms with Crippen LogP contribution in [0.25, 0.3) is 32.7 Å². The third-order valence-corrected chi connectivity index (χ3v) is 6.53. The van der Waals surface area contributed by atoms with Crippen molar-refractivity contribution in [3.8, 4) is 11.1 Å². The molecule has 0 aliphatic heterocycles. The molecule has 0 amide bonds. The standard InChI is InChI=1S/C28H20/c1-28(25-16-8-6-14-23(25)24-15-7-9-17-26(24)28)27-18-19-10-2-3-11-20(19)21-12-4-5-13-22(21)27/h2-18H,1H3. The van der Waals surface area contributed by atoms with E-state index in [1.165, 1.54) is 49.4 Å². The van der Waals surface area contributed by atoms with Crippen LogP contribution in [0, 0.1) is 0 Å². The van der Waals surface area contributed by atoms with Crippen LogP contribution in [0.4, 0.5) is 0 Å². The highest BCUT2D eigenvalue weighted by Crippen LogP contribution is 2.54. The highest BCUT2D eigenvalue weighted by Gasteiger charge is 2.41. The topological polar surface area (TPSA) is 0 Å². The fourth-order valence-corrected chi connectivity index (χ4v) is 5.21. The van der Waals surface area contributed by atoms with Gasteiger partial charge in [0.15, 0.2) is 0 Å². The van der Waals surface area contributed by atoms with Crippen LogP contribution >= 0.6 is 0 Å². The molecule has 0 fully saturated rings. The molecule has 5 aromatic carbocycles. The van der Waals surface area contributed by atoms with Gasteiger partial charge in [0.05, 0.1) is 0 Å². The Kier molecular flexibility index (Phi) is 3.11. The molecule has 0 heterocycles. The van der Waals surface area contributed by atoms with Gasteiger partial charge in [0, 0.05) is 5.41 Å². The number of hydrogen-bond acceptors (Lipinski definition) is 0. The van der Waals surface area contributed by atoms with Crippen molar-refractivity contribution in [2.75, 3.05) is 0 Å². The van der Waals surface area contributed by atoms with E-state index in [2.05, 4.69) is 110 Å². The predicted molar refractivity (Wildman–Crippen MR) is 119 cm³/mol. The number of hydrogen-bond donors (Lipinski definition) is 0. The van der Waals surface area contributed by atoms with Crippen molar-refractivity contribution in [2.24, 2.45) is 0 Å². The van der Waals surface area contributed by atoms with Crippen LogP contribution in [0.15, 0.2) is 103 Å². The van der Waals surface area contributed by atoms with Crippen molar-refractivity contribution >= 4 is 21.5 Å². The normalized spacial score (nSPS) is 14.2. The average molecular weight is 356 g/mol. The summed E-state index contributed by atoms with van der Waals surface area (Å²) in [6, 6.07) is 37.8. The molecule has 0 aromatic heterocycles. The van der Waals surface area contributed by atoms with Gasteiger partial charge in [-0.1, -0.05) is 97.1 Å². The molecule has 1 aliphatic rings. The minimum atomic E-state index is -0.170. The SMILES string of the molecule is CC1(c2cc3ccccc3c3ccccc23)c2ccccc2-c2ccccc21. The summed E-state index contributed by atoms with van der Waals surface area (Å²) in [5, 5.41) is 5.30. The summed E-state index contributed by atoms with van der Waals surface area (Å²) in [4.78, 5) is 0. The average Bonchev–Trinajstić information content (AvgIpc) is 3.03. The maximum absolute atomic E-state index is 2.41. The largest absolute Gasteiger partial charge is 0.0619 e. The van der Waals surface area contributed by atoms with Crippen molar-refractivity contribution in [1.82, 2.24) is 0 Å². The summed E-state index contributed by atoms with van der Waals surface area (Å²) in [6.07, 6.45) is 0. The zero-order valence-corrected chi connectivity index (χ0v) is 15.8. The maximum atomic E-state index is 2.41. The van der Waals surface area contributed by atoms with Crippen LogP contribution in [-0.4, -0.2) is 0 Å². The van der Waals surface area contributed by atoms with Gasteiger partial charge in [-0.2, -0.15) is 0 Å². The van der Waals surface area contributed by atoms with Gasteiger partial charge in [0.2, 0.25) is 0 Å². The molecule has 6 rings (SSSR count). The third-order valence-electron chi connectivity index (χ3n) is 6.53. The molecule has 0 saturated carbocycles. The molecule has 0 nitrogen and oxygen atoms in total. The quantitative estimate of drug-likeness (QED) is 0.276. The van der Waals surface area contributed by atoms with Crippen LogP contribution in [0.1, 0.15) is 23.6 Å². The van der Waals surface area contributed by atoms with Gasteiger partial charge in [0.1, 0.15) is 0 Å². The monoisotopic (exact) mass is 356 g/mol. The van der Waals surface area contributed by atoms with Crippen LogP contribution < -0.4 is 0 Å². The Hall–Kier alpha value is -3.38. The molecule has 132 valence electrons. The fraction of sp³-hybridized carbons (Fsp3) is 0.0714. The van der Waals surface area contributed by atoms with E-state index in [0.29, 0.717) is 0 Å². The molecule has 1 aliphatic carbocycles. The second-order valence-corrected chi connectivity index (χ2v) is 7.91. The van der Waals surface area contributed by atoms with Gasteiger partial charge in [0.25, 0.3) is 0 Å². The van der Waals surface area contributed by atoms with E-state index in [9.17, 15) is 0 Å². The lowest BCUT2D eigenvalue weighted by Crippen LogP contribution is -2.22. The lowest BCUT2D eigenvalue weighted by atomic mass is 9.72. The van der Waals surface area contributed by atoms with Crippen molar-refractivity contribution in [1.29, 1.82) is 0 Å². The first-order valence-corrected chi connectivity index (χ1v) is 9.89. The molecule has 0 unspecified atom stereocenters. The first kappa shape index (κ1) is 15.7. The van der Waals surface area contributed by atoms with Gasteiger partial charge >= 0.3 is 0 Å². The van der Waals surface area contributed by atoms with E-state index in [1.807, 2.05) is 0 Å². The van der Waals surface area contributed by atoms with Gasteiger partial charge in [-0.3, -0.25) is 0 Å². The van der Waals surface area contributed by atoms with Crippen LogP contribution in [0.5, 0.6) is 0 Å². The van der Waals surface area contributed by atoms with E-state index in [1.54, 1.807) is 0 Å². The zero-order valence-electron chi connectivity index (χ0n) is 15.8. The smallest absolute Gasteiger partial charge is 0.0441 e. The lowest BCUT2D eigenvalue weighted by molar-refractivity contribution is 0.722. The van der Waals surface area contributed by atoms with Crippen molar-refractivity contribution in [3.05, 3.63) is 120 Å². The van der Waals surface area contributed by atoms with Gasteiger partial charge in [-0.05, 0) is 62.4 Å². The summed E-state index contributed by atoms with van der Waals surface area (Å²) in [5.41, 5.74) is 6.74. The highest BCUT2D eigenvalue weighted by molar-refractivity contribution is 6.10. The highest BCUT2D eigenvalue weighted by atomic mass is 14.4. The number of fused-ring (bicyclic) bond motifs is 6. The van der Waals surface area contributed by atoms with Crippen molar-refractivity contribution in [3.63, 3.8) is 0 Å². The summed E-state index contributed by atoms with van der Waals surface area (Å²) in [5.74, 6) is 0. The fourth-order valence-electron chi connectivity index (χ4n) is 5.21. The van der Waals surface area contributed by atoms with Crippen molar-refractivity contribution in [2.45, 2.75) is 12.3 Å². The van der Waals surface area contributed by atoms with E-state index < -0.39 is 0 Å². The van der Waals surface area contributed by atoms with E-state index >= 15 is 0 Å². The first-order chi connectivity index (χ1) is 13.8. The zero-order chi connectivity index (χ0) is 18.7. The molecular formula is C28H20. The van der Waals surface area contributed by atoms with Gasteiger partial charge in [-0.15, -0.1) is 0 Å². The number of rotatable bonds is 1. The Morgan fingerprint density at radius 3 is 1.64 bits per heavy atom. The summed E-state index contributed by atoms with van der Waals surface area (Å²) in [7, 11) is 0. The van der Waals surface area contributed by atoms with E-state index in [-0.39, 0.29) is 5.41 Å². The minimum Gasteiger partial charge on any atom is -0.0619 e. The van der Waals surface area contributed by atoms with Gasteiger partial charge < -0.3 is 0 Å². The summed E-state index contributed by atoms with van der Waals surface area (Å²) >= 11 is 0. The maximum Gasteiger partial charge on any atom is 0.0441 e. The van der Waals surface area contributed by atoms with E-state index in [4.69, 9.17) is 0 Å². The van der Waals surface area contributed by atoms with Crippen LogP contribution in [0.3, 0.4) is 0 Å². The Morgan fingerprint density at radius 1 is 0.464 bits per heavy atom. The molecule has 28 heavy (non-hydrogen) atoms. The molecule has 5 aromatic rings. The molecular weight excluding hydrogens is 336 g/mol. The lowest BCUT2D eigenvalue weighted by Gasteiger charge is -2.30. The molecule has 0 saturated heterocycles. The molecule has 0 atom stereocenters. The minimum absolute atomic E-state index is 0.170. The molecule has 0 N–H and O–H groups in total. The van der Waals surface area contributed by atoms with Crippen LogP contribution in [0.2, 0.25) is 0 Å². The Bertz CT molecular complexity index is 1330. The molecule has 0 radical (unpaired) electrons. The second kappa shape index (κ2) is 5.56. The molecule has 0 spiro atoms. The second-order valence-electron chi connectivity index (χ2n) is 7.91. The Labute approximate surface area is 165 Å². The molecule has 0 heteroatoms. The number of benzene rings is 5. The first-order valence-electron chi connectivity index (χ1n) is 9.89. The summed E-state index contributed by atoms with van der Waals surface area (Å²) in [6.45, 7) is 2.40. The Balaban J connectivity index is 1.81. The van der Waals surface area contributed by atoms with Crippen molar-refractivity contribution < 1.29 is 0 Å². The summed E-state index contributed by atoms with van der Waals surface area (Å²) < 4.78 is 0. The predicted octanol–water partition coefficient (Wildman–Crippen LogP) is 7.33. The third kappa shape index (κ3) is 1.90. The van der Waals surface area contributed by atoms with Crippen LogP contribution in [-0.2, 0) is 5.41 Å².